The smallest absolute Gasteiger partial charge is 0.352 e. The van der Waals surface area contributed by atoms with Gasteiger partial charge in [0.05, 0.1) is 0 Å². The van der Waals surface area contributed by atoms with Crippen molar-refractivity contribution in [3.05, 3.63) is 11.4 Å². The molecule has 1 aliphatic carbocycles. The van der Waals surface area contributed by atoms with Crippen LogP contribution in [0.25, 0.3) is 0 Å². The summed E-state index contributed by atoms with van der Waals surface area (Å²) < 4.78 is 11.3. The van der Waals surface area contributed by atoms with E-state index in [9.17, 15) is 9.36 Å². The van der Waals surface area contributed by atoms with E-state index in [1.54, 1.807) is 0 Å². The van der Waals surface area contributed by atoms with Crippen LogP contribution in [0.5, 0.6) is 0 Å². The first kappa shape index (κ1) is 13.4. The Morgan fingerprint density at radius 1 is 1.50 bits per heavy atom. The molecule has 0 saturated carbocycles. The van der Waals surface area contributed by atoms with Crippen molar-refractivity contribution in [1.29, 1.82) is 0 Å². The van der Waals surface area contributed by atoms with Crippen LogP contribution in [0.2, 0.25) is 0 Å². The summed E-state index contributed by atoms with van der Waals surface area (Å²) in [6.07, 6.45) is 3.94. The molecule has 0 aromatic carbocycles. The summed E-state index contributed by atoms with van der Waals surface area (Å²) in [5.74, 6) is -1.99. The first-order valence-corrected chi connectivity index (χ1v) is 6.70. The first-order chi connectivity index (χ1) is 7.34. The second kappa shape index (κ2) is 5.10. The van der Waals surface area contributed by atoms with Gasteiger partial charge in [0.15, 0.2) is 0 Å². The fourth-order valence-corrected chi connectivity index (χ4v) is 3.02. The van der Waals surface area contributed by atoms with Crippen LogP contribution in [0.4, 0.5) is 0 Å². The molecule has 0 heterocycles. The molecule has 7 heteroatoms. The third-order valence-corrected chi connectivity index (χ3v) is 3.94. The van der Waals surface area contributed by atoms with E-state index < -0.39 is 25.5 Å². The third-order valence-electron chi connectivity index (χ3n) is 2.76. The van der Waals surface area contributed by atoms with E-state index >= 15 is 0 Å². The van der Waals surface area contributed by atoms with E-state index in [0.717, 1.165) is 12.8 Å². The lowest BCUT2D eigenvalue weighted by Crippen LogP contribution is -2.38. The summed E-state index contributed by atoms with van der Waals surface area (Å²) >= 11 is 0. The molecule has 0 spiro atoms. The van der Waals surface area contributed by atoms with E-state index in [1.165, 1.54) is 6.08 Å². The molecule has 0 aromatic rings. The minimum Gasteiger partial charge on any atom is -0.480 e. The summed E-state index contributed by atoms with van der Waals surface area (Å²) in [4.78, 5) is 29.1. The predicted octanol–water partition coefficient (Wildman–Crippen LogP) is 0.650. The lowest BCUT2D eigenvalue weighted by Gasteiger charge is -2.23. The fraction of sp³-hybridized carbons (Fsp3) is 0.667. The van der Waals surface area contributed by atoms with Crippen molar-refractivity contribution in [3.8, 4) is 0 Å². The maximum absolute atomic E-state index is 11.3. The summed E-state index contributed by atoms with van der Waals surface area (Å²) in [6, 6.07) is -1.25. The monoisotopic (exact) mass is 249 g/mol. The van der Waals surface area contributed by atoms with Gasteiger partial charge >= 0.3 is 13.6 Å². The molecule has 1 aliphatic rings. The Bertz CT molecular complexity index is 348. The van der Waals surface area contributed by atoms with Crippen molar-refractivity contribution >= 4 is 13.6 Å². The molecule has 0 fully saturated rings. The lowest BCUT2D eigenvalue weighted by atomic mass is 9.95. The summed E-state index contributed by atoms with van der Waals surface area (Å²) in [6.45, 7) is 0. The number of carbonyl (C=O) groups is 1. The normalized spacial score (nSPS) is 24.4. The highest BCUT2D eigenvalue weighted by Crippen LogP contribution is 2.51. The molecule has 0 aliphatic heterocycles. The highest BCUT2D eigenvalue weighted by molar-refractivity contribution is 7.56. The quantitative estimate of drug-likeness (QED) is 0.545. The Labute approximate surface area is 93.3 Å². The van der Waals surface area contributed by atoms with Crippen LogP contribution >= 0.6 is 7.60 Å². The molecular formula is C9H16NO5P. The van der Waals surface area contributed by atoms with Crippen LogP contribution in [-0.4, -0.2) is 26.9 Å². The summed E-state index contributed by atoms with van der Waals surface area (Å²) in [7, 11) is -4.40. The Balaban J connectivity index is 3.02. The average molecular weight is 249 g/mol. The molecule has 0 amide bonds. The minimum absolute atomic E-state index is 0.111. The molecule has 0 bridgehead atoms. The van der Waals surface area contributed by atoms with Gasteiger partial charge in [-0.05, 0) is 19.3 Å². The zero-order chi connectivity index (χ0) is 12.3. The summed E-state index contributed by atoms with van der Waals surface area (Å²) in [5, 5.41) is 8.69. The van der Waals surface area contributed by atoms with Gasteiger partial charge in [0.2, 0.25) is 0 Å². The molecule has 16 heavy (non-hydrogen) atoms. The molecule has 0 saturated heterocycles. The summed E-state index contributed by atoms with van der Waals surface area (Å²) in [5.41, 5.74) is 5.46. The van der Waals surface area contributed by atoms with E-state index in [2.05, 4.69) is 0 Å². The number of carboxylic acids is 1. The molecular weight excluding hydrogens is 233 g/mol. The lowest BCUT2D eigenvalue weighted by molar-refractivity contribution is -0.139. The van der Waals surface area contributed by atoms with Crippen LogP contribution < -0.4 is 5.73 Å². The zero-order valence-corrected chi connectivity index (χ0v) is 9.64. The highest BCUT2D eigenvalue weighted by Gasteiger charge is 2.36. The van der Waals surface area contributed by atoms with Gasteiger partial charge in [0.1, 0.15) is 6.04 Å². The number of aliphatic carboxylic acids is 1. The Morgan fingerprint density at radius 3 is 2.62 bits per heavy atom. The molecule has 1 rings (SSSR count). The van der Waals surface area contributed by atoms with Crippen molar-refractivity contribution in [2.45, 2.75) is 31.7 Å². The standard InChI is InChI=1S/C9H16NO5P/c10-8(9(11)12)6-4-2-1-3-5-7(6)16(13,14)15/h5-6,8H,1-4,10H2,(H,11,12)(H2,13,14,15). The van der Waals surface area contributed by atoms with Crippen LogP contribution in [0, 0.1) is 5.92 Å². The maximum atomic E-state index is 11.3. The van der Waals surface area contributed by atoms with Gasteiger partial charge in [-0.15, -0.1) is 0 Å². The van der Waals surface area contributed by atoms with Crippen molar-refractivity contribution < 1.29 is 24.3 Å². The van der Waals surface area contributed by atoms with Gasteiger partial charge in [-0.25, -0.2) is 0 Å². The first-order valence-electron chi connectivity index (χ1n) is 5.08. The highest BCUT2D eigenvalue weighted by atomic mass is 31.2. The molecule has 2 unspecified atom stereocenters. The number of hydrogen-bond acceptors (Lipinski definition) is 3. The van der Waals surface area contributed by atoms with Crippen LogP contribution in [0.3, 0.4) is 0 Å². The van der Waals surface area contributed by atoms with Gasteiger partial charge in [-0.1, -0.05) is 12.5 Å². The second-order valence-corrected chi connectivity index (χ2v) is 5.53. The molecule has 6 nitrogen and oxygen atoms in total. The number of allylic oxidation sites excluding steroid dienone is 1. The van der Waals surface area contributed by atoms with Crippen molar-refractivity contribution in [3.63, 3.8) is 0 Å². The van der Waals surface area contributed by atoms with E-state index in [0.29, 0.717) is 12.8 Å². The molecule has 92 valence electrons. The third kappa shape index (κ3) is 3.15. The SMILES string of the molecule is NC(C(=O)O)C1CCCCC=C1P(=O)(O)O. The Hall–Kier alpha value is -0.680. The molecule has 0 radical (unpaired) electrons. The molecule has 0 aromatic heterocycles. The fourth-order valence-electron chi connectivity index (χ4n) is 1.93. The van der Waals surface area contributed by atoms with E-state index in [4.69, 9.17) is 20.6 Å². The number of nitrogens with two attached hydrogens (primary N) is 1. The van der Waals surface area contributed by atoms with Crippen LogP contribution in [0.1, 0.15) is 25.7 Å². The largest absolute Gasteiger partial charge is 0.480 e. The maximum Gasteiger partial charge on any atom is 0.352 e. The van der Waals surface area contributed by atoms with Crippen molar-refractivity contribution in [2.75, 3.05) is 0 Å². The van der Waals surface area contributed by atoms with Gasteiger partial charge in [0.25, 0.3) is 0 Å². The second-order valence-electron chi connectivity index (χ2n) is 3.93. The van der Waals surface area contributed by atoms with Crippen LogP contribution in [0.15, 0.2) is 11.4 Å². The Morgan fingerprint density at radius 2 is 2.12 bits per heavy atom. The average Bonchev–Trinajstić information content (AvgIpc) is 2.39. The van der Waals surface area contributed by atoms with Gasteiger partial charge in [-0.3, -0.25) is 9.36 Å². The van der Waals surface area contributed by atoms with Crippen molar-refractivity contribution in [2.24, 2.45) is 11.7 Å². The van der Waals surface area contributed by atoms with E-state index in [-0.39, 0.29) is 5.31 Å². The number of carboxylic acid groups (broad SMARTS) is 1. The topological polar surface area (TPSA) is 121 Å². The Kier molecular flexibility index (Phi) is 4.27. The van der Waals surface area contributed by atoms with Gasteiger partial charge < -0.3 is 20.6 Å². The number of rotatable bonds is 3. The molecule has 5 N–H and O–H groups in total. The number of hydrogen-bond donors (Lipinski definition) is 4. The van der Waals surface area contributed by atoms with Crippen molar-refractivity contribution in [1.82, 2.24) is 0 Å². The zero-order valence-electron chi connectivity index (χ0n) is 8.74. The van der Waals surface area contributed by atoms with Crippen LogP contribution in [-0.2, 0) is 9.36 Å². The molecule has 2 atom stereocenters. The minimum atomic E-state index is -4.40. The predicted molar refractivity (Wildman–Crippen MR) is 57.7 cm³/mol. The van der Waals surface area contributed by atoms with Gasteiger partial charge in [-0.2, -0.15) is 0 Å². The van der Waals surface area contributed by atoms with E-state index in [1.807, 2.05) is 0 Å². The van der Waals surface area contributed by atoms with Gasteiger partial charge in [0, 0.05) is 11.2 Å².